The quantitative estimate of drug-likeness (QED) is 0.770. The fourth-order valence-corrected chi connectivity index (χ4v) is 3.57. The Hall–Kier alpha value is -2.82. The summed E-state index contributed by atoms with van der Waals surface area (Å²) in [6.07, 6.45) is 0. The summed E-state index contributed by atoms with van der Waals surface area (Å²) in [4.78, 5) is 21.5. The van der Waals surface area contributed by atoms with Crippen LogP contribution in [-0.2, 0) is 4.79 Å². The third kappa shape index (κ3) is 3.42. The lowest BCUT2D eigenvalue weighted by Crippen LogP contribution is -2.51. The van der Waals surface area contributed by atoms with Gasteiger partial charge in [-0.2, -0.15) is 0 Å². The molecule has 0 aliphatic carbocycles. The highest BCUT2D eigenvalue weighted by Crippen LogP contribution is 2.38. The average molecular weight is 363 g/mol. The SMILES string of the molecule is Cc1ccc2c(c1)Oc1ccccc1C(N1CCN(C(=O)C(C)C)CC1)=N2. The highest BCUT2D eigenvalue weighted by Gasteiger charge is 2.28. The van der Waals surface area contributed by atoms with Crippen molar-refractivity contribution in [2.75, 3.05) is 26.2 Å². The number of aliphatic imine (C=N–C) groups is 1. The zero-order chi connectivity index (χ0) is 19.0. The fourth-order valence-electron chi connectivity index (χ4n) is 3.57. The first-order valence-electron chi connectivity index (χ1n) is 9.53. The van der Waals surface area contributed by atoms with E-state index in [4.69, 9.17) is 9.73 Å². The molecule has 2 aliphatic heterocycles. The second-order valence-corrected chi connectivity index (χ2v) is 7.47. The van der Waals surface area contributed by atoms with Crippen molar-refractivity contribution in [1.29, 1.82) is 0 Å². The third-order valence-electron chi connectivity index (χ3n) is 5.07. The first kappa shape index (κ1) is 17.6. The van der Waals surface area contributed by atoms with E-state index in [1.54, 1.807) is 0 Å². The van der Waals surface area contributed by atoms with E-state index in [0.29, 0.717) is 0 Å². The molecule has 0 radical (unpaired) electrons. The van der Waals surface area contributed by atoms with Crippen LogP contribution in [0.5, 0.6) is 11.5 Å². The number of rotatable bonds is 1. The maximum atomic E-state index is 12.3. The Morgan fingerprint density at radius 3 is 2.52 bits per heavy atom. The molecule has 0 spiro atoms. The molecule has 2 aliphatic rings. The Labute approximate surface area is 160 Å². The monoisotopic (exact) mass is 363 g/mol. The second-order valence-electron chi connectivity index (χ2n) is 7.47. The molecule has 2 heterocycles. The molecule has 5 nitrogen and oxygen atoms in total. The van der Waals surface area contributed by atoms with Crippen molar-refractivity contribution >= 4 is 17.4 Å². The topological polar surface area (TPSA) is 45.1 Å². The zero-order valence-electron chi connectivity index (χ0n) is 16.1. The van der Waals surface area contributed by atoms with Crippen molar-refractivity contribution in [3.63, 3.8) is 0 Å². The summed E-state index contributed by atoms with van der Waals surface area (Å²) >= 11 is 0. The van der Waals surface area contributed by atoms with Crippen molar-refractivity contribution in [2.45, 2.75) is 20.8 Å². The summed E-state index contributed by atoms with van der Waals surface area (Å²) in [6, 6.07) is 14.1. The van der Waals surface area contributed by atoms with E-state index < -0.39 is 0 Å². The van der Waals surface area contributed by atoms with Gasteiger partial charge in [0.15, 0.2) is 5.75 Å². The summed E-state index contributed by atoms with van der Waals surface area (Å²) in [6.45, 7) is 8.95. The Morgan fingerprint density at radius 2 is 1.78 bits per heavy atom. The number of carbonyl (C=O) groups is 1. The highest BCUT2D eigenvalue weighted by atomic mass is 16.5. The predicted molar refractivity (Wildman–Crippen MR) is 107 cm³/mol. The number of hydrogen-bond donors (Lipinski definition) is 0. The maximum Gasteiger partial charge on any atom is 0.225 e. The normalized spacial score (nSPS) is 16.2. The predicted octanol–water partition coefficient (Wildman–Crippen LogP) is 3.98. The lowest BCUT2D eigenvalue weighted by Gasteiger charge is -2.37. The lowest BCUT2D eigenvalue weighted by molar-refractivity contribution is -0.135. The molecule has 0 N–H and O–H groups in total. The van der Waals surface area contributed by atoms with Crippen LogP contribution in [0.25, 0.3) is 0 Å². The number of benzene rings is 2. The number of para-hydroxylation sites is 1. The molecule has 4 rings (SSSR count). The molecule has 0 unspecified atom stereocenters. The number of amides is 1. The molecular weight excluding hydrogens is 338 g/mol. The van der Waals surface area contributed by atoms with Crippen LogP contribution in [0.15, 0.2) is 47.5 Å². The lowest BCUT2D eigenvalue weighted by atomic mass is 10.1. The summed E-state index contributed by atoms with van der Waals surface area (Å²) in [5.74, 6) is 2.79. The van der Waals surface area contributed by atoms with Gasteiger partial charge in [-0.15, -0.1) is 0 Å². The van der Waals surface area contributed by atoms with Gasteiger partial charge in [0.25, 0.3) is 0 Å². The molecular formula is C22H25N3O2. The number of ether oxygens (including phenoxy) is 1. The first-order valence-corrected chi connectivity index (χ1v) is 9.53. The van der Waals surface area contributed by atoms with E-state index in [2.05, 4.69) is 24.0 Å². The number of fused-ring (bicyclic) bond motifs is 2. The minimum absolute atomic E-state index is 0.0380. The molecule has 2 aromatic carbocycles. The fraction of sp³-hybridized carbons (Fsp3) is 0.364. The maximum absolute atomic E-state index is 12.3. The number of nitrogens with zero attached hydrogens (tertiary/aromatic N) is 3. The highest BCUT2D eigenvalue weighted by molar-refractivity contribution is 6.03. The van der Waals surface area contributed by atoms with Gasteiger partial charge >= 0.3 is 0 Å². The standard InChI is InChI=1S/C22H25N3O2/c1-15(2)22(26)25-12-10-24(11-13-25)21-17-6-4-5-7-19(17)27-20-14-16(3)8-9-18(20)23-21/h4-9,14-15H,10-13H2,1-3H3. The van der Waals surface area contributed by atoms with E-state index in [0.717, 1.165) is 60.3 Å². The van der Waals surface area contributed by atoms with Crippen LogP contribution in [-0.4, -0.2) is 47.7 Å². The Morgan fingerprint density at radius 1 is 1.04 bits per heavy atom. The van der Waals surface area contributed by atoms with Crippen molar-refractivity contribution in [3.8, 4) is 11.5 Å². The minimum atomic E-state index is 0.0380. The minimum Gasteiger partial charge on any atom is -0.454 e. The largest absolute Gasteiger partial charge is 0.454 e. The van der Waals surface area contributed by atoms with E-state index in [1.807, 2.05) is 49.1 Å². The number of hydrogen-bond acceptors (Lipinski definition) is 4. The van der Waals surface area contributed by atoms with Gasteiger partial charge in [0.1, 0.15) is 17.3 Å². The van der Waals surface area contributed by atoms with Gasteiger partial charge in [-0.25, -0.2) is 4.99 Å². The van der Waals surface area contributed by atoms with E-state index in [1.165, 1.54) is 0 Å². The number of aryl methyl sites for hydroxylation is 1. The van der Waals surface area contributed by atoms with E-state index >= 15 is 0 Å². The number of carbonyl (C=O) groups excluding carboxylic acids is 1. The molecule has 5 heteroatoms. The molecule has 0 saturated carbocycles. The van der Waals surface area contributed by atoms with E-state index in [-0.39, 0.29) is 11.8 Å². The van der Waals surface area contributed by atoms with Crippen LogP contribution >= 0.6 is 0 Å². The molecule has 1 saturated heterocycles. The number of piperazine rings is 1. The van der Waals surface area contributed by atoms with E-state index in [9.17, 15) is 4.79 Å². The van der Waals surface area contributed by atoms with Crippen LogP contribution in [0, 0.1) is 12.8 Å². The van der Waals surface area contributed by atoms with Gasteiger partial charge < -0.3 is 14.5 Å². The zero-order valence-corrected chi connectivity index (χ0v) is 16.1. The summed E-state index contributed by atoms with van der Waals surface area (Å²) in [7, 11) is 0. The van der Waals surface area contributed by atoms with Gasteiger partial charge in [0, 0.05) is 32.1 Å². The second kappa shape index (κ2) is 7.06. The third-order valence-corrected chi connectivity index (χ3v) is 5.07. The van der Waals surface area contributed by atoms with Crippen LogP contribution in [0.4, 0.5) is 5.69 Å². The van der Waals surface area contributed by atoms with Gasteiger partial charge in [-0.1, -0.05) is 32.0 Å². The van der Waals surface area contributed by atoms with Crippen LogP contribution in [0.3, 0.4) is 0 Å². The van der Waals surface area contributed by atoms with Crippen molar-refractivity contribution in [3.05, 3.63) is 53.6 Å². The Kier molecular flexibility index (Phi) is 4.60. The molecule has 27 heavy (non-hydrogen) atoms. The van der Waals surface area contributed by atoms with Gasteiger partial charge in [0.2, 0.25) is 5.91 Å². The molecule has 1 fully saturated rings. The average Bonchev–Trinajstić information content (AvgIpc) is 2.83. The molecule has 1 amide bonds. The van der Waals surface area contributed by atoms with Gasteiger partial charge in [-0.3, -0.25) is 4.79 Å². The first-order chi connectivity index (χ1) is 13.0. The number of amidine groups is 1. The summed E-state index contributed by atoms with van der Waals surface area (Å²) in [5.41, 5.74) is 2.98. The van der Waals surface area contributed by atoms with Crippen molar-refractivity contribution in [2.24, 2.45) is 10.9 Å². The molecule has 0 bridgehead atoms. The Bertz CT molecular complexity index is 896. The van der Waals surface area contributed by atoms with Crippen LogP contribution in [0.1, 0.15) is 25.0 Å². The molecule has 0 atom stereocenters. The van der Waals surface area contributed by atoms with Crippen molar-refractivity contribution < 1.29 is 9.53 Å². The molecule has 140 valence electrons. The van der Waals surface area contributed by atoms with Gasteiger partial charge in [-0.05, 0) is 36.8 Å². The van der Waals surface area contributed by atoms with Crippen molar-refractivity contribution in [1.82, 2.24) is 9.80 Å². The smallest absolute Gasteiger partial charge is 0.225 e. The molecule has 0 aromatic heterocycles. The summed E-state index contributed by atoms with van der Waals surface area (Å²) < 4.78 is 6.19. The van der Waals surface area contributed by atoms with Crippen LogP contribution < -0.4 is 4.74 Å². The Balaban J connectivity index is 1.67. The summed E-state index contributed by atoms with van der Waals surface area (Å²) in [5, 5.41) is 0. The molecule has 2 aromatic rings. The van der Waals surface area contributed by atoms with Gasteiger partial charge in [0.05, 0.1) is 5.56 Å². The van der Waals surface area contributed by atoms with Crippen LogP contribution in [0.2, 0.25) is 0 Å².